The summed E-state index contributed by atoms with van der Waals surface area (Å²) < 4.78 is 54.6. The van der Waals surface area contributed by atoms with E-state index in [2.05, 4.69) is 10.6 Å². The highest BCUT2D eigenvalue weighted by Crippen LogP contribution is 2.45. The molecule has 1 aliphatic carbocycles. The monoisotopic (exact) mass is 487 g/mol. The number of nitrogens with zero attached hydrogens (tertiary/aromatic N) is 1. The number of nitrogens with one attached hydrogen (secondary N) is 2. The highest BCUT2D eigenvalue weighted by molar-refractivity contribution is 6.48. The molecule has 1 aliphatic heterocycles. The van der Waals surface area contributed by atoms with Gasteiger partial charge >= 0.3 is 0 Å². The minimum atomic E-state index is -3.06. The van der Waals surface area contributed by atoms with Crippen LogP contribution >= 0.6 is 11.6 Å². The van der Waals surface area contributed by atoms with E-state index in [4.69, 9.17) is 11.6 Å². The number of carbonyl (C=O) groups excluding carboxylic acids is 3. The van der Waals surface area contributed by atoms with Crippen LogP contribution in [0.25, 0.3) is 0 Å². The van der Waals surface area contributed by atoms with E-state index in [0.717, 1.165) is 18.2 Å². The van der Waals surface area contributed by atoms with Gasteiger partial charge in [0, 0.05) is 36.8 Å². The van der Waals surface area contributed by atoms with Crippen molar-refractivity contribution in [2.24, 2.45) is 0 Å². The Balaban J connectivity index is 1.60. The molecule has 0 saturated heterocycles. The Hall–Kier alpha value is -2.92. The van der Waals surface area contributed by atoms with Crippen LogP contribution in [0.4, 0.5) is 23.2 Å². The van der Waals surface area contributed by atoms with Crippen molar-refractivity contribution in [3.05, 3.63) is 51.8 Å². The van der Waals surface area contributed by atoms with Gasteiger partial charge in [-0.3, -0.25) is 14.4 Å². The molecule has 1 saturated carbocycles. The van der Waals surface area contributed by atoms with E-state index in [-0.39, 0.29) is 28.5 Å². The standard InChI is InChI=1S/C21H18ClF4N3O4/c22-15-14(18(32)27-10-3-4-11(23)12(24)6-10)13-2-1-5-29(13)16(15)17(31)19(33)28-20(9-30)7-21(25,26)8-20/h3-4,6,30H,1-2,5,7-9H2,(H,27,32)(H,28,33). The number of halogens is 5. The molecule has 1 aromatic carbocycles. The molecule has 12 heteroatoms. The van der Waals surface area contributed by atoms with Crippen molar-refractivity contribution in [3.63, 3.8) is 0 Å². The third-order valence-corrected chi connectivity index (χ3v) is 6.18. The van der Waals surface area contributed by atoms with Gasteiger partial charge in [-0.05, 0) is 25.0 Å². The van der Waals surface area contributed by atoms with Gasteiger partial charge in [0.2, 0.25) is 0 Å². The maximum atomic E-state index is 13.5. The number of aliphatic hydroxyl groups excluding tert-OH is 1. The summed E-state index contributed by atoms with van der Waals surface area (Å²) in [5.41, 5.74) is -1.66. The van der Waals surface area contributed by atoms with Crippen LogP contribution in [0.5, 0.6) is 0 Å². The zero-order valence-corrected chi connectivity index (χ0v) is 17.7. The molecular formula is C21H18ClF4N3O4. The van der Waals surface area contributed by atoms with Crippen LogP contribution in [0, 0.1) is 11.6 Å². The molecular weight excluding hydrogens is 470 g/mol. The van der Waals surface area contributed by atoms with Crippen LogP contribution in [-0.4, -0.2) is 45.3 Å². The lowest BCUT2D eigenvalue weighted by Crippen LogP contribution is -2.65. The predicted molar refractivity (Wildman–Crippen MR) is 109 cm³/mol. The average Bonchev–Trinajstić information content (AvgIpc) is 3.27. The first-order valence-electron chi connectivity index (χ1n) is 10.00. The average molecular weight is 488 g/mol. The van der Waals surface area contributed by atoms with Crippen molar-refractivity contribution in [1.82, 2.24) is 9.88 Å². The molecule has 0 unspecified atom stereocenters. The number of alkyl halides is 2. The van der Waals surface area contributed by atoms with Crippen molar-refractivity contribution in [3.8, 4) is 0 Å². The van der Waals surface area contributed by atoms with Gasteiger partial charge < -0.3 is 20.3 Å². The smallest absolute Gasteiger partial charge is 0.294 e. The molecule has 0 bridgehead atoms. The molecule has 1 aromatic heterocycles. The van der Waals surface area contributed by atoms with Gasteiger partial charge in [0.15, 0.2) is 11.6 Å². The topological polar surface area (TPSA) is 100 Å². The summed E-state index contributed by atoms with van der Waals surface area (Å²) in [4.78, 5) is 38.3. The maximum absolute atomic E-state index is 13.5. The Kier molecular flexibility index (Phi) is 5.73. The van der Waals surface area contributed by atoms with Gasteiger partial charge in [0.1, 0.15) is 5.69 Å². The van der Waals surface area contributed by atoms with Crippen molar-refractivity contribution in [2.45, 2.75) is 43.7 Å². The number of aliphatic hydroxyl groups is 1. The van der Waals surface area contributed by atoms with Crippen molar-refractivity contribution in [1.29, 1.82) is 0 Å². The molecule has 2 aliphatic rings. The first-order chi connectivity index (χ1) is 15.5. The molecule has 0 radical (unpaired) electrons. The minimum Gasteiger partial charge on any atom is -0.394 e. The number of hydrogen-bond acceptors (Lipinski definition) is 4. The number of hydrogen-bond donors (Lipinski definition) is 3. The number of Topliss-reactive ketones (excluding diaryl/α,β-unsaturated/α-hetero) is 1. The minimum absolute atomic E-state index is 0.0469. The molecule has 7 nitrogen and oxygen atoms in total. The summed E-state index contributed by atoms with van der Waals surface area (Å²) >= 11 is 6.32. The van der Waals surface area contributed by atoms with Crippen LogP contribution in [0.1, 0.15) is 45.8 Å². The van der Waals surface area contributed by atoms with E-state index in [9.17, 15) is 37.1 Å². The van der Waals surface area contributed by atoms with Gasteiger partial charge in [0.05, 0.1) is 22.7 Å². The highest BCUT2D eigenvalue weighted by Gasteiger charge is 2.57. The van der Waals surface area contributed by atoms with Crippen LogP contribution in [0.3, 0.4) is 0 Å². The molecule has 2 aromatic rings. The molecule has 2 heterocycles. The molecule has 4 rings (SSSR count). The fraction of sp³-hybridized carbons (Fsp3) is 0.381. The fourth-order valence-electron chi connectivity index (χ4n) is 4.35. The van der Waals surface area contributed by atoms with Crippen LogP contribution < -0.4 is 10.6 Å². The normalized spacial score (nSPS) is 17.8. The number of amides is 2. The lowest BCUT2D eigenvalue weighted by molar-refractivity contribution is -0.154. The SMILES string of the molecule is O=C(NC1(CO)CC(F)(F)C1)C(=O)c1c(Cl)c(C(=O)Nc2ccc(F)c(F)c2)c2n1CCC2. The number of benzene rings is 1. The van der Waals surface area contributed by atoms with Crippen molar-refractivity contribution < 1.29 is 37.1 Å². The van der Waals surface area contributed by atoms with E-state index in [0.29, 0.717) is 18.5 Å². The lowest BCUT2D eigenvalue weighted by atomic mass is 9.74. The lowest BCUT2D eigenvalue weighted by Gasteiger charge is -2.46. The van der Waals surface area contributed by atoms with Gasteiger partial charge in [-0.2, -0.15) is 0 Å². The summed E-state index contributed by atoms with van der Waals surface area (Å²) in [5, 5.41) is 13.7. The van der Waals surface area contributed by atoms with Crippen molar-refractivity contribution in [2.75, 3.05) is 11.9 Å². The second kappa shape index (κ2) is 8.14. The summed E-state index contributed by atoms with van der Waals surface area (Å²) in [6.07, 6.45) is -0.705. The van der Waals surface area contributed by atoms with E-state index in [1.165, 1.54) is 4.57 Å². The molecule has 0 spiro atoms. The number of anilines is 1. The Morgan fingerprint density at radius 3 is 2.45 bits per heavy atom. The largest absolute Gasteiger partial charge is 0.394 e. The van der Waals surface area contributed by atoms with Crippen molar-refractivity contribution >= 4 is 34.9 Å². The highest BCUT2D eigenvalue weighted by atomic mass is 35.5. The number of rotatable bonds is 6. The van der Waals surface area contributed by atoms with Crippen LogP contribution in [0.2, 0.25) is 5.02 Å². The Bertz CT molecular complexity index is 1170. The second-order valence-electron chi connectivity index (χ2n) is 8.25. The number of fused-ring (bicyclic) bond motifs is 1. The molecule has 1 fully saturated rings. The second-order valence-corrected chi connectivity index (χ2v) is 8.63. The summed E-state index contributed by atoms with van der Waals surface area (Å²) in [6.45, 7) is -0.492. The summed E-state index contributed by atoms with van der Waals surface area (Å²) in [6, 6.07) is 2.75. The van der Waals surface area contributed by atoms with E-state index in [1.807, 2.05) is 0 Å². The first kappa shape index (κ1) is 23.2. The van der Waals surface area contributed by atoms with Gasteiger partial charge in [-0.1, -0.05) is 11.6 Å². The Morgan fingerprint density at radius 2 is 1.85 bits per heavy atom. The molecule has 0 atom stereocenters. The van der Waals surface area contributed by atoms with E-state index >= 15 is 0 Å². The summed E-state index contributed by atoms with van der Waals surface area (Å²) in [7, 11) is 0. The fourth-order valence-corrected chi connectivity index (χ4v) is 4.73. The van der Waals surface area contributed by atoms with E-state index in [1.54, 1.807) is 0 Å². The zero-order valence-electron chi connectivity index (χ0n) is 17.0. The first-order valence-corrected chi connectivity index (χ1v) is 10.4. The van der Waals surface area contributed by atoms with Crippen LogP contribution in [-0.2, 0) is 17.8 Å². The predicted octanol–water partition coefficient (Wildman–Crippen LogP) is 3.08. The Morgan fingerprint density at radius 1 is 1.15 bits per heavy atom. The zero-order chi connectivity index (χ0) is 24.1. The number of aromatic nitrogens is 1. The number of ketones is 1. The molecule has 3 N–H and O–H groups in total. The number of carbonyl (C=O) groups is 3. The quantitative estimate of drug-likeness (QED) is 0.331. The third-order valence-electron chi connectivity index (χ3n) is 5.81. The van der Waals surface area contributed by atoms with Crippen LogP contribution in [0.15, 0.2) is 18.2 Å². The maximum Gasteiger partial charge on any atom is 0.294 e. The van der Waals surface area contributed by atoms with Gasteiger partial charge in [-0.25, -0.2) is 17.6 Å². The van der Waals surface area contributed by atoms with Gasteiger partial charge in [-0.15, -0.1) is 0 Å². The summed E-state index contributed by atoms with van der Waals surface area (Å²) in [5.74, 6) is -8.49. The Labute approximate surface area is 189 Å². The molecule has 176 valence electrons. The third kappa shape index (κ3) is 4.10. The molecule has 33 heavy (non-hydrogen) atoms. The van der Waals surface area contributed by atoms with Gasteiger partial charge in [0.25, 0.3) is 23.5 Å². The molecule has 2 amide bonds. The van der Waals surface area contributed by atoms with E-state index < -0.39 is 60.1 Å².